The van der Waals surface area contributed by atoms with Gasteiger partial charge in [0.15, 0.2) is 0 Å². The zero-order chi connectivity index (χ0) is 20.0. The molecule has 1 fully saturated rings. The van der Waals surface area contributed by atoms with E-state index in [0.717, 1.165) is 62.6 Å². The SMILES string of the molecule is CN1CCn2c(-c3cccc(F)c3)cnc2C12CCN(Cc1cnn(C)c1)CC2. The van der Waals surface area contributed by atoms with Gasteiger partial charge >= 0.3 is 0 Å². The van der Waals surface area contributed by atoms with Crippen molar-refractivity contribution in [2.24, 2.45) is 7.05 Å². The van der Waals surface area contributed by atoms with Crippen molar-refractivity contribution >= 4 is 0 Å². The predicted octanol–water partition coefficient (Wildman–Crippen LogP) is 2.86. The number of likely N-dealkylation sites (N-methyl/N-ethyl adjacent to an activating group) is 1. The Kier molecular flexibility index (Phi) is 4.52. The quantitative estimate of drug-likeness (QED) is 0.685. The van der Waals surface area contributed by atoms with Gasteiger partial charge in [-0.3, -0.25) is 14.5 Å². The molecular formula is C22H27FN6. The van der Waals surface area contributed by atoms with Gasteiger partial charge in [-0.1, -0.05) is 12.1 Å². The fraction of sp³-hybridized carbons (Fsp3) is 0.455. The topological polar surface area (TPSA) is 42.1 Å². The Bertz CT molecular complexity index is 1010. The largest absolute Gasteiger partial charge is 0.325 e. The number of benzene rings is 1. The zero-order valence-electron chi connectivity index (χ0n) is 17.1. The van der Waals surface area contributed by atoms with Crippen LogP contribution in [0, 0.1) is 5.82 Å². The van der Waals surface area contributed by atoms with Crippen LogP contribution in [0.3, 0.4) is 0 Å². The molecule has 0 atom stereocenters. The van der Waals surface area contributed by atoms with Gasteiger partial charge in [-0.15, -0.1) is 0 Å². The Morgan fingerprint density at radius 2 is 1.90 bits per heavy atom. The summed E-state index contributed by atoms with van der Waals surface area (Å²) in [5, 5.41) is 4.29. The molecule has 0 radical (unpaired) electrons. The summed E-state index contributed by atoms with van der Waals surface area (Å²) in [5.41, 5.74) is 3.13. The third-order valence-corrected chi connectivity index (χ3v) is 6.63. The van der Waals surface area contributed by atoms with Gasteiger partial charge in [-0.05, 0) is 32.0 Å². The van der Waals surface area contributed by atoms with Crippen molar-refractivity contribution in [2.75, 3.05) is 26.7 Å². The van der Waals surface area contributed by atoms with Gasteiger partial charge in [0.05, 0.1) is 23.6 Å². The van der Waals surface area contributed by atoms with E-state index in [1.807, 2.05) is 30.2 Å². The standard InChI is InChI=1S/C22H27FN6/c1-26-10-11-29-20(18-4-3-5-19(23)12-18)14-24-21(29)22(26)6-8-28(9-7-22)16-17-13-25-27(2)15-17/h3-5,12-15H,6-11,16H2,1-2H3. The van der Waals surface area contributed by atoms with Crippen LogP contribution in [0.4, 0.5) is 4.39 Å². The molecule has 0 N–H and O–H groups in total. The van der Waals surface area contributed by atoms with Crippen molar-refractivity contribution in [3.63, 3.8) is 0 Å². The average Bonchev–Trinajstić information content (AvgIpc) is 3.33. The van der Waals surface area contributed by atoms with Crippen LogP contribution < -0.4 is 0 Å². The summed E-state index contributed by atoms with van der Waals surface area (Å²) in [7, 11) is 4.18. The predicted molar refractivity (Wildman–Crippen MR) is 110 cm³/mol. The highest BCUT2D eigenvalue weighted by Crippen LogP contribution is 2.41. The molecule has 6 nitrogen and oxygen atoms in total. The minimum Gasteiger partial charge on any atom is -0.325 e. The molecule has 2 aliphatic rings. The first-order valence-corrected chi connectivity index (χ1v) is 10.3. The highest BCUT2D eigenvalue weighted by Gasteiger charge is 2.45. The Balaban J connectivity index is 1.41. The molecule has 2 aliphatic heterocycles. The van der Waals surface area contributed by atoms with Crippen molar-refractivity contribution in [1.29, 1.82) is 0 Å². The third kappa shape index (κ3) is 3.18. The first-order chi connectivity index (χ1) is 14.0. The highest BCUT2D eigenvalue weighted by atomic mass is 19.1. The van der Waals surface area contributed by atoms with E-state index >= 15 is 0 Å². The van der Waals surface area contributed by atoms with Gasteiger partial charge in [-0.25, -0.2) is 9.37 Å². The van der Waals surface area contributed by atoms with E-state index in [1.165, 1.54) is 11.6 Å². The Morgan fingerprint density at radius 3 is 2.62 bits per heavy atom. The second kappa shape index (κ2) is 7.07. The fourth-order valence-corrected chi connectivity index (χ4v) is 4.98. The number of nitrogens with zero attached hydrogens (tertiary/aromatic N) is 6. The number of aryl methyl sites for hydroxylation is 1. The maximum absolute atomic E-state index is 13.8. The molecule has 1 aromatic carbocycles. The lowest BCUT2D eigenvalue weighted by atomic mass is 9.83. The highest BCUT2D eigenvalue weighted by molar-refractivity contribution is 5.60. The van der Waals surface area contributed by atoms with Crippen LogP contribution in [0.2, 0.25) is 0 Å². The van der Waals surface area contributed by atoms with E-state index in [-0.39, 0.29) is 11.4 Å². The molecular weight excluding hydrogens is 367 g/mol. The minimum atomic E-state index is -0.204. The molecule has 0 unspecified atom stereocenters. The molecule has 29 heavy (non-hydrogen) atoms. The van der Waals surface area contributed by atoms with Gasteiger partial charge in [0.25, 0.3) is 0 Å². The molecule has 0 saturated carbocycles. The van der Waals surface area contributed by atoms with Gasteiger partial charge in [0.2, 0.25) is 0 Å². The number of rotatable bonds is 3. The number of imidazole rings is 1. The van der Waals surface area contributed by atoms with E-state index in [4.69, 9.17) is 4.98 Å². The van der Waals surface area contributed by atoms with Gasteiger partial charge in [0, 0.05) is 57.1 Å². The number of fused-ring (bicyclic) bond motifs is 2. The summed E-state index contributed by atoms with van der Waals surface area (Å²) >= 11 is 0. The van der Waals surface area contributed by atoms with Crippen molar-refractivity contribution in [3.05, 3.63) is 60.1 Å². The zero-order valence-corrected chi connectivity index (χ0v) is 17.1. The van der Waals surface area contributed by atoms with Crippen LogP contribution in [0.25, 0.3) is 11.3 Å². The summed E-state index contributed by atoms with van der Waals surface area (Å²) in [5.74, 6) is 0.927. The fourth-order valence-electron chi connectivity index (χ4n) is 4.98. The van der Waals surface area contributed by atoms with Gasteiger partial charge < -0.3 is 4.57 Å². The Hall–Kier alpha value is -2.51. The molecule has 5 rings (SSSR count). The van der Waals surface area contributed by atoms with Crippen LogP contribution in [-0.4, -0.2) is 55.8 Å². The second-order valence-corrected chi connectivity index (χ2v) is 8.38. The molecule has 0 amide bonds. The number of halogens is 1. The normalized spacial score (nSPS) is 19.6. The van der Waals surface area contributed by atoms with Crippen molar-refractivity contribution in [1.82, 2.24) is 29.1 Å². The van der Waals surface area contributed by atoms with Gasteiger partial charge in [-0.2, -0.15) is 5.10 Å². The Labute approximate surface area is 170 Å². The second-order valence-electron chi connectivity index (χ2n) is 8.38. The lowest BCUT2D eigenvalue weighted by Crippen LogP contribution is -2.56. The number of hydrogen-bond donors (Lipinski definition) is 0. The molecule has 2 aromatic heterocycles. The van der Waals surface area contributed by atoms with Crippen molar-refractivity contribution in [2.45, 2.75) is 31.5 Å². The summed E-state index contributed by atoms with van der Waals surface area (Å²) < 4.78 is 17.9. The van der Waals surface area contributed by atoms with E-state index in [2.05, 4.69) is 32.7 Å². The molecule has 1 spiro atoms. The first kappa shape index (κ1) is 18.5. The molecule has 1 saturated heterocycles. The maximum Gasteiger partial charge on any atom is 0.129 e. The van der Waals surface area contributed by atoms with Crippen molar-refractivity contribution in [3.8, 4) is 11.3 Å². The van der Waals surface area contributed by atoms with Crippen LogP contribution >= 0.6 is 0 Å². The summed E-state index contributed by atoms with van der Waals surface area (Å²) in [6.07, 6.45) is 8.06. The summed E-state index contributed by atoms with van der Waals surface area (Å²) in [6.45, 7) is 4.87. The lowest BCUT2D eigenvalue weighted by Gasteiger charge is -2.49. The number of piperidine rings is 1. The van der Waals surface area contributed by atoms with Crippen LogP contribution in [0.1, 0.15) is 24.2 Å². The third-order valence-electron chi connectivity index (χ3n) is 6.63. The maximum atomic E-state index is 13.8. The summed E-state index contributed by atoms with van der Waals surface area (Å²) in [4.78, 5) is 9.85. The van der Waals surface area contributed by atoms with Crippen molar-refractivity contribution < 1.29 is 4.39 Å². The number of likely N-dealkylation sites (tertiary alicyclic amines) is 1. The number of hydrogen-bond acceptors (Lipinski definition) is 4. The molecule has 152 valence electrons. The number of aromatic nitrogens is 4. The summed E-state index contributed by atoms with van der Waals surface area (Å²) in [6, 6.07) is 6.83. The molecule has 7 heteroatoms. The smallest absolute Gasteiger partial charge is 0.129 e. The van der Waals surface area contributed by atoms with E-state index in [9.17, 15) is 4.39 Å². The van der Waals surface area contributed by atoms with Crippen LogP contribution in [0.15, 0.2) is 42.9 Å². The molecule has 3 aromatic rings. The molecule has 4 heterocycles. The monoisotopic (exact) mass is 394 g/mol. The lowest BCUT2D eigenvalue weighted by molar-refractivity contribution is 0.00700. The van der Waals surface area contributed by atoms with Gasteiger partial charge in [0.1, 0.15) is 11.6 Å². The van der Waals surface area contributed by atoms with Crippen LogP contribution in [0.5, 0.6) is 0 Å². The van der Waals surface area contributed by atoms with Crippen LogP contribution in [-0.2, 0) is 25.7 Å². The first-order valence-electron chi connectivity index (χ1n) is 10.3. The minimum absolute atomic E-state index is 0.0464. The van der Waals surface area contributed by atoms with E-state index in [1.54, 1.807) is 12.1 Å². The molecule has 0 bridgehead atoms. The molecule has 0 aliphatic carbocycles. The average molecular weight is 394 g/mol. The Morgan fingerprint density at radius 1 is 1.07 bits per heavy atom. The van der Waals surface area contributed by atoms with E-state index in [0.29, 0.717) is 0 Å². The van der Waals surface area contributed by atoms with E-state index < -0.39 is 0 Å².